The molecule has 0 bridgehead atoms. The zero-order valence-electron chi connectivity index (χ0n) is 20.8. The number of ether oxygens (including phenoxy) is 1. The van der Waals surface area contributed by atoms with Gasteiger partial charge in [0, 0.05) is 37.3 Å². The highest BCUT2D eigenvalue weighted by Crippen LogP contribution is 2.39. The summed E-state index contributed by atoms with van der Waals surface area (Å²) in [5, 5.41) is 12.8. The summed E-state index contributed by atoms with van der Waals surface area (Å²) in [5.74, 6) is 0.346. The van der Waals surface area contributed by atoms with Crippen LogP contribution in [0.15, 0.2) is 29.4 Å². The smallest absolute Gasteiger partial charge is 0.341 e. The van der Waals surface area contributed by atoms with Crippen molar-refractivity contribution in [1.29, 1.82) is 0 Å². The third-order valence-electron chi connectivity index (χ3n) is 5.76. The summed E-state index contributed by atoms with van der Waals surface area (Å²) >= 11 is 2.81. The number of rotatable bonds is 8. The van der Waals surface area contributed by atoms with Gasteiger partial charge in [-0.1, -0.05) is 23.9 Å². The van der Waals surface area contributed by atoms with Gasteiger partial charge in [-0.15, -0.1) is 21.5 Å². The molecule has 2 aromatic heterocycles. The monoisotopic (exact) mass is 513 g/mol. The van der Waals surface area contributed by atoms with Crippen LogP contribution in [0.1, 0.15) is 47.5 Å². The van der Waals surface area contributed by atoms with E-state index in [1.54, 1.807) is 0 Å². The lowest BCUT2D eigenvalue weighted by Crippen LogP contribution is -2.19. The first-order chi connectivity index (χ1) is 16.7. The molecule has 0 saturated carbocycles. The second kappa shape index (κ2) is 10.8. The van der Waals surface area contributed by atoms with Gasteiger partial charge in [0.2, 0.25) is 5.91 Å². The summed E-state index contributed by atoms with van der Waals surface area (Å²) in [5.41, 5.74) is 3.59. The fourth-order valence-corrected chi connectivity index (χ4v) is 6.06. The number of aromatic nitrogens is 3. The summed E-state index contributed by atoms with van der Waals surface area (Å²) in [7, 11) is 5.88. The Bertz CT molecular complexity index is 1230. The third-order valence-corrected chi connectivity index (χ3v) is 7.99. The highest BCUT2D eigenvalue weighted by atomic mass is 32.2. The Labute approximate surface area is 214 Å². The predicted molar refractivity (Wildman–Crippen MR) is 142 cm³/mol. The quantitative estimate of drug-likeness (QED) is 0.342. The van der Waals surface area contributed by atoms with E-state index >= 15 is 0 Å². The molecule has 0 fully saturated rings. The van der Waals surface area contributed by atoms with E-state index in [4.69, 9.17) is 4.74 Å². The third kappa shape index (κ3) is 5.70. The Hall–Kier alpha value is -2.85. The lowest BCUT2D eigenvalue weighted by molar-refractivity contribution is -0.113. The van der Waals surface area contributed by atoms with Gasteiger partial charge >= 0.3 is 5.97 Å². The second-order valence-electron chi connectivity index (χ2n) is 9.02. The molecule has 1 aliphatic carbocycles. The molecule has 0 unspecified atom stereocenters. The molecule has 0 spiro atoms. The molecular formula is C25H31N5O3S2. The van der Waals surface area contributed by atoms with Crippen LogP contribution in [0.2, 0.25) is 0 Å². The largest absolute Gasteiger partial charge is 0.459 e. The maximum Gasteiger partial charge on any atom is 0.341 e. The van der Waals surface area contributed by atoms with E-state index in [1.165, 1.54) is 28.0 Å². The highest BCUT2D eigenvalue weighted by molar-refractivity contribution is 7.99. The molecule has 1 aliphatic rings. The normalized spacial score (nSPS) is 13.0. The molecule has 2 heterocycles. The molecule has 0 radical (unpaired) electrons. The lowest BCUT2D eigenvalue weighted by atomic mass is 9.95. The number of benzene rings is 1. The molecule has 1 aromatic carbocycles. The van der Waals surface area contributed by atoms with E-state index in [9.17, 15) is 9.59 Å². The number of thiophene rings is 1. The predicted octanol–water partition coefficient (Wildman–Crippen LogP) is 4.78. The van der Waals surface area contributed by atoms with E-state index in [0.717, 1.165) is 48.3 Å². The van der Waals surface area contributed by atoms with E-state index in [2.05, 4.69) is 21.6 Å². The molecule has 0 saturated heterocycles. The molecule has 1 amide bonds. The first-order valence-electron chi connectivity index (χ1n) is 11.7. The standard InChI is InChI=1S/C25H31N5O3S2/c1-15(2)33-24(32)21-18-11-6-7-12-19(18)35-23(21)26-20(31)14-34-25-28-27-22(30(25)5)16-9-8-10-17(13-16)29(3)4/h8-10,13,15H,6-7,11-12,14H2,1-5H3,(H,26,31). The Balaban J connectivity index is 1.46. The molecule has 8 nitrogen and oxygen atoms in total. The van der Waals surface area contributed by atoms with Crippen LogP contribution in [0.3, 0.4) is 0 Å². The van der Waals surface area contributed by atoms with Crippen LogP contribution >= 0.6 is 23.1 Å². The van der Waals surface area contributed by atoms with Gasteiger partial charge in [0.05, 0.1) is 17.4 Å². The van der Waals surface area contributed by atoms with Crippen LogP contribution in [0, 0.1) is 0 Å². The number of amides is 1. The minimum Gasteiger partial charge on any atom is -0.459 e. The van der Waals surface area contributed by atoms with Crippen LogP contribution < -0.4 is 10.2 Å². The van der Waals surface area contributed by atoms with Crippen LogP contribution in [0.25, 0.3) is 11.4 Å². The maximum atomic E-state index is 12.9. The van der Waals surface area contributed by atoms with Crippen LogP contribution in [0.5, 0.6) is 0 Å². The van der Waals surface area contributed by atoms with Gasteiger partial charge in [-0.2, -0.15) is 0 Å². The van der Waals surface area contributed by atoms with Crippen molar-refractivity contribution in [2.24, 2.45) is 7.05 Å². The number of anilines is 2. The molecule has 186 valence electrons. The highest BCUT2D eigenvalue weighted by Gasteiger charge is 2.28. The summed E-state index contributed by atoms with van der Waals surface area (Å²) in [6, 6.07) is 8.08. The van der Waals surface area contributed by atoms with Crippen molar-refractivity contribution in [2.45, 2.75) is 50.8 Å². The summed E-state index contributed by atoms with van der Waals surface area (Å²) in [6.45, 7) is 3.66. The first-order valence-corrected chi connectivity index (χ1v) is 13.5. The number of nitrogens with one attached hydrogen (secondary N) is 1. The number of fused-ring (bicyclic) bond motifs is 1. The number of carbonyl (C=O) groups is 2. The fraction of sp³-hybridized carbons (Fsp3) is 0.440. The number of carbonyl (C=O) groups excluding carboxylic acids is 2. The minimum atomic E-state index is -0.361. The molecule has 1 N–H and O–H groups in total. The van der Waals surface area contributed by atoms with E-state index in [-0.39, 0.29) is 23.7 Å². The van der Waals surface area contributed by atoms with Gasteiger partial charge in [-0.05, 0) is 57.2 Å². The van der Waals surface area contributed by atoms with Crippen molar-refractivity contribution < 1.29 is 14.3 Å². The molecule has 10 heteroatoms. The van der Waals surface area contributed by atoms with Crippen molar-refractivity contribution in [3.63, 3.8) is 0 Å². The number of hydrogen-bond donors (Lipinski definition) is 1. The van der Waals surface area contributed by atoms with E-state index < -0.39 is 0 Å². The van der Waals surface area contributed by atoms with Gasteiger partial charge in [-0.3, -0.25) is 4.79 Å². The average Bonchev–Trinajstić information content (AvgIpc) is 3.37. The second-order valence-corrected chi connectivity index (χ2v) is 11.1. The zero-order chi connectivity index (χ0) is 25.1. The number of nitrogens with zero attached hydrogens (tertiary/aromatic N) is 4. The van der Waals surface area contributed by atoms with Crippen LogP contribution in [-0.2, 0) is 29.4 Å². The van der Waals surface area contributed by atoms with Crippen molar-refractivity contribution >= 4 is 45.7 Å². The Morgan fingerprint density at radius 3 is 2.74 bits per heavy atom. The number of thioether (sulfide) groups is 1. The Morgan fingerprint density at radius 2 is 2.00 bits per heavy atom. The Morgan fingerprint density at radius 1 is 1.23 bits per heavy atom. The van der Waals surface area contributed by atoms with Crippen LogP contribution in [0.4, 0.5) is 10.7 Å². The molecule has 0 atom stereocenters. The number of esters is 1. The van der Waals surface area contributed by atoms with Gasteiger partial charge < -0.3 is 19.5 Å². The molecule has 0 aliphatic heterocycles. The van der Waals surface area contributed by atoms with E-state index in [1.807, 2.05) is 62.7 Å². The minimum absolute atomic E-state index is 0.158. The van der Waals surface area contributed by atoms with Crippen LogP contribution in [-0.4, -0.2) is 52.6 Å². The van der Waals surface area contributed by atoms with E-state index in [0.29, 0.717) is 15.7 Å². The Kier molecular flexibility index (Phi) is 7.81. The number of hydrogen-bond acceptors (Lipinski definition) is 8. The maximum absolute atomic E-state index is 12.9. The summed E-state index contributed by atoms with van der Waals surface area (Å²) in [4.78, 5) is 28.9. The zero-order valence-corrected chi connectivity index (χ0v) is 22.4. The summed E-state index contributed by atoms with van der Waals surface area (Å²) in [6.07, 6.45) is 3.70. The molecular weight excluding hydrogens is 482 g/mol. The number of aryl methyl sites for hydroxylation is 1. The fourth-order valence-electron chi connectivity index (χ4n) is 4.05. The van der Waals surface area contributed by atoms with Crippen molar-refractivity contribution in [3.05, 3.63) is 40.3 Å². The first kappa shape index (κ1) is 25.2. The van der Waals surface area contributed by atoms with Gasteiger partial charge in [-0.25, -0.2) is 4.79 Å². The SMILES string of the molecule is CC(C)OC(=O)c1c(NC(=O)CSc2nnc(-c3cccc(N(C)C)c3)n2C)sc2c1CCCC2. The van der Waals surface area contributed by atoms with Crippen molar-refractivity contribution in [2.75, 3.05) is 30.1 Å². The topological polar surface area (TPSA) is 89.3 Å². The summed E-state index contributed by atoms with van der Waals surface area (Å²) < 4.78 is 7.37. The van der Waals surface area contributed by atoms with Gasteiger partial charge in [0.1, 0.15) is 5.00 Å². The molecule has 35 heavy (non-hydrogen) atoms. The van der Waals surface area contributed by atoms with Crippen molar-refractivity contribution in [1.82, 2.24) is 14.8 Å². The molecule has 3 aromatic rings. The lowest BCUT2D eigenvalue weighted by Gasteiger charge is -2.14. The van der Waals surface area contributed by atoms with Gasteiger partial charge in [0.15, 0.2) is 11.0 Å². The average molecular weight is 514 g/mol. The van der Waals surface area contributed by atoms with Gasteiger partial charge in [0.25, 0.3) is 0 Å². The molecule has 4 rings (SSSR count). The van der Waals surface area contributed by atoms with Crippen molar-refractivity contribution in [3.8, 4) is 11.4 Å².